The van der Waals surface area contributed by atoms with Crippen LogP contribution < -0.4 is 26.6 Å². The number of aromatic nitrogens is 3. The van der Waals surface area contributed by atoms with Crippen LogP contribution in [0, 0.1) is 12.3 Å². The Labute approximate surface area is 468 Å². The number of halogens is 3. The number of nitrogens with zero attached hydrogens (tertiary/aromatic N) is 4. The van der Waals surface area contributed by atoms with Gasteiger partial charge in [-0.05, 0) is 36.0 Å². The number of rotatable bonds is 37. The maximum absolute atomic E-state index is 13.9. The Bertz CT molecular complexity index is 2200. The Morgan fingerprint density at radius 2 is 1.26 bits per heavy atom. The summed E-state index contributed by atoms with van der Waals surface area (Å²) in [6.07, 6.45) is 0.706. The number of aliphatic hydroxyl groups excluding tert-OH is 1. The molecule has 4 rings (SSSR count). The lowest BCUT2D eigenvalue weighted by molar-refractivity contribution is -0.144. The SMILES string of the molecule is Cc1ncsc1-c1ccc(CNC(=O)[C@@H]2C[C@@H](O)CN2C(=O)[C@@H](NC(=O)CCOCCOCCOCCOCCOCCOCCOCCC(=O)NCCCOC(=O)NC(Nc2ncccn2)C(Cl)(Cl)Cl)C(C)(C)C)cc1. The summed E-state index contributed by atoms with van der Waals surface area (Å²) in [5.41, 5.74) is 4.01. The van der Waals surface area contributed by atoms with E-state index < -0.39 is 45.6 Å². The van der Waals surface area contributed by atoms with Crippen LogP contribution >= 0.6 is 46.1 Å². The van der Waals surface area contributed by atoms with Crippen molar-refractivity contribution in [3.63, 3.8) is 0 Å². The van der Waals surface area contributed by atoms with E-state index in [1.165, 1.54) is 17.3 Å². The van der Waals surface area contributed by atoms with E-state index in [2.05, 4.69) is 41.5 Å². The lowest BCUT2D eigenvalue weighted by atomic mass is 9.85. The summed E-state index contributed by atoms with van der Waals surface area (Å²) >= 11 is 19.4. The molecule has 2 aromatic heterocycles. The van der Waals surface area contributed by atoms with Crippen LogP contribution in [0.4, 0.5) is 10.7 Å². The van der Waals surface area contributed by atoms with E-state index in [4.69, 9.17) is 72.7 Å². The number of nitrogens with one attached hydrogen (secondary N) is 5. The minimum atomic E-state index is -1.92. The molecule has 1 aliphatic heterocycles. The van der Waals surface area contributed by atoms with Gasteiger partial charge < -0.3 is 69.2 Å². The Morgan fingerprint density at radius 1 is 0.727 bits per heavy atom. The molecule has 1 aromatic carbocycles. The first-order chi connectivity index (χ1) is 36.9. The van der Waals surface area contributed by atoms with Gasteiger partial charge in [0.15, 0.2) is 6.17 Å². The molecule has 1 aliphatic rings. The summed E-state index contributed by atoms with van der Waals surface area (Å²) in [6.45, 7) is 12.6. The average molecular weight is 1160 g/mol. The van der Waals surface area contributed by atoms with Crippen molar-refractivity contribution in [1.29, 1.82) is 0 Å². The highest BCUT2D eigenvalue weighted by Gasteiger charge is 2.44. The number of aryl methyl sites for hydroxylation is 1. The van der Waals surface area contributed by atoms with E-state index in [1.807, 2.05) is 52.0 Å². The second-order valence-corrected chi connectivity index (χ2v) is 21.6. The fourth-order valence-corrected chi connectivity index (χ4v) is 8.32. The lowest BCUT2D eigenvalue weighted by Crippen LogP contribution is -2.57. The number of alkyl halides is 3. The van der Waals surface area contributed by atoms with E-state index in [9.17, 15) is 29.1 Å². The number of β-amino-alcohol motifs (C(OH)–C–C–N with tert-alkyl or cyclic N) is 1. The summed E-state index contributed by atoms with van der Waals surface area (Å²) in [7, 11) is 0. The third-order valence-corrected chi connectivity index (χ3v) is 12.8. The van der Waals surface area contributed by atoms with Crippen molar-refractivity contribution in [2.24, 2.45) is 5.41 Å². The molecule has 430 valence electrons. The van der Waals surface area contributed by atoms with Crippen molar-refractivity contribution >= 4 is 81.8 Å². The van der Waals surface area contributed by atoms with Crippen molar-refractivity contribution in [1.82, 2.24) is 41.1 Å². The van der Waals surface area contributed by atoms with Crippen LogP contribution in [-0.4, -0.2) is 195 Å². The van der Waals surface area contributed by atoms with Crippen LogP contribution in [0.25, 0.3) is 10.4 Å². The number of aliphatic hydroxyl groups is 1. The van der Waals surface area contributed by atoms with Gasteiger partial charge in [0.1, 0.15) is 12.1 Å². The van der Waals surface area contributed by atoms with Crippen LogP contribution in [0.15, 0.2) is 48.2 Å². The number of amides is 5. The van der Waals surface area contributed by atoms with Crippen molar-refractivity contribution in [3.05, 3.63) is 59.5 Å². The van der Waals surface area contributed by atoms with Gasteiger partial charge in [-0.1, -0.05) is 79.8 Å². The molecule has 6 N–H and O–H groups in total. The summed E-state index contributed by atoms with van der Waals surface area (Å²) in [5, 5.41) is 24.1. The molecule has 0 bridgehead atoms. The second kappa shape index (κ2) is 35.8. The van der Waals surface area contributed by atoms with Gasteiger partial charge in [0.05, 0.1) is 121 Å². The van der Waals surface area contributed by atoms with Crippen LogP contribution in [0.2, 0.25) is 0 Å². The standard InChI is InChI=1S/C50H74Cl3N9O14S/c1-35-42(77-34-58-35)37-9-7-36(8-10-37)32-57-44(66)39-31-38(63)33-62(39)45(67)43(49(2,3)4)59-41(65)12-18-70-20-22-72-24-26-74-28-30-75-29-27-73-25-23-71-21-19-69-17-11-40(64)54-15-6-16-76-48(68)61-46(50(51,52)53)60-47-55-13-5-14-56-47/h5,7-10,13-14,34,38-39,43,46,63H,6,11-12,15-33H2,1-4H3,(H,54,64)(H,57,66)(H,59,65)(H,61,68)(H,55,56,60)/t38-,39+,43-,46?/m1/s1. The molecule has 0 saturated carbocycles. The molecule has 4 atom stereocenters. The zero-order valence-corrected chi connectivity index (χ0v) is 47.2. The zero-order valence-electron chi connectivity index (χ0n) is 44.1. The van der Waals surface area contributed by atoms with Crippen LogP contribution in [0.3, 0.4) is 0 Å². The fourth-order valence-electron chi connectivity index (χ4n) is 7.18. The first-order valence-electron chi connectivity index (χ1n) is 25.3. The van der Waals surface area contributed by atoms with Gasteiger partial charge in [-0.15, -0.1) is 11.3 Å². The number of thiazole rings is 1. The maximum Gasteiger partial charge on any atom is 0.408 e. The Kier molecular flexibility index (Phi) is 30.2. The number of carbonyl (C=O) groups excluding carboxylic acids is 5. The van der Waals surface area contributed by atoms with E-state index in [0.29, 0.717) is 79.1 Å². The molecule has 77 heavy (non-hydrogen) atoms. The van der Waals surface area contributed by atoms with Crippen molar-refractivity contribution < 1.29 is 67.0 Å². The molecule has 1 saturated heterocycles. The van der Waals surface area contributed by atoms with Crippen molar-refractivity contribution in [2.75, 3.05) is 118 Å². The Balaban J connectivity index is 0.900. The summed E-state index contributed by atoms with van der Waals surface area (Å²) in [6, 6.07) is 7.63. The molecule has 1 unspecified atom stereocenters. The molecule has 0 radical (unpaired) electrons. The van der Waals surface area contributed by atoms with Gasteiger partial charge in [-0.3, -0.25) is 24.5 Å². The predicted octanol–water partition coefficient (Wildman–Crippen LogP) is 3.95. The Hall–Kier alpha value is -4.57. The molecule has 0 spiro atoms. The van der Waals surface area contributed by atoms with E-state index in [0.717, 1.165) is 21.7 Å². The monoisotopic (exact) mass is 1160 g/mol. The number of carbonyl (C=O) groups is 5. The maximum atomic E-state index is 13.9. The molecule has 1 fully saturated rings. The molecule has 3 aromatic rings. The van der Waals surface area contributed by atoms with Crippen LogP contribution in [0.1, 0.15) is 57.7 Å². The van der Waals surface area contributed by atoms with Gasteiger partial charge >= 0.3 is 6.09 Å². The van der Waals surface area contributed by atoms with Crippen LogP contribution in [0.5, 0.6) is 0 Å². The number of likely N-dealkylation sites (tertiary alicyclic amines) is 1. The molecular formula is C50H74Cl3N9O14S. The van der Waals surface area contributed by atoms with Gasteiger partial charge in [-0.25, -0.2) is 19.7 Å². The highest BCUT2D eigenvalue weighted by Crippen LogP contribution is 2.31. The van der Waals surface area contributed by atoms with Gasteiger partial charge in [0.25, 0.3) is 0 Å². The number of hydrogen-bond donors (Lipinski definition) is 6. The van der Waals surface area contributed by atoms with Crippen LogP contribution in [-0.2, 0) is 63.6 Å². The summed E-state index contributed by atoms with van der Waals surface area (Å²) in [5.74, 6) is -1.25. The minimum absolute atomic E-state index is 0.00944. The lowest BCUT2D eigenvalue weighted by Gasteiger charge is -2.35. The van der Waals surface area contributed by atoms with Gasteiger partial charge in [0.2, 0.25) is 33.4 Å². The number of anilines is 1. The zero-order chi connectivity index (χ0) is 55.9. The Morgan fingerprint density at radius 3 is 1.77 bits per heavy atom. The summed E-state index contributed by atoms with van der Waals surface area (Å²) in [4.78, 5) is 79.2. The predicted molar refractivity (Wildman–Crippen MR) is 288 cm³/mol. The molecule has 3 heterocycles. The molecule has 0 aliphatic carbocycles. The third-order valence-electron chi connectivity index (χ3n) is 11.2. The van der Waals surface area contributed by atoms with Crippen molar-refractivity contribution in [2.45, 2.75) is 88.1 Å². The number of alkyl carbamates (subject to hydrolysis) is 1. The minimum Gasteiger partial charge on any atom is -0.449 e. The highest BCUT2D eigenvalue weighted by molar-refractivity contribution is 7.13. The first kappa shape index (κ1) is 65.0. The topological polar surface area (TPSA) is 281 Å². The molecular weight excluding hydrogens is 1090 g/mol. The van der Waals surface area contributed by atoms with Crippen molar-refractivity contribution in [3.8, 4) is 10.4 Å². The highest BCUT2D eigenvalue weighted by atomic mass is 35.6. The quantitative estimate of drug-likeness (QED) is 0.0271. The normalized spacial score (nSPS) is 15.4. The van der Waals surface area contributed by atoms with E-state index in [-0.39, 0.29) is 89.0 Å². The van der Waals surface area contributed by atoms with Gasteiger partial charge in [0, 0.05) is 51.3 Å². The third kappa shape index (κ3) is 26.3. The molecule has 23 nitrogen and oxygen atoms in total. The van der Waals surface area contributed by atoms with E-state index >= 15 is 0 Å². The summed E-state index contributed by atoms with van der Waals surface area (Å²) < 4.78 is 41.8. The van der Waals surface area contributed by atoms with Gasteiger partial charge in [-0.2, -0.15) is 0 Å². The first-order valence-corrected chi connectivity index (χ1v) is 27.3. The van der Waals surface area contributed by atoms with E-state index in [1.54, 1.807) is 22.9 Å². The smallest absolute Gasteiger partial charge is 0.408 e. The molecule has 5 amide bonds. The fraction of sp³-hybridized carbons (Fsp3) is 0.640. The second-order valence-electron chi connectivity index (χ2n) is 18.4. The average Bonchev–Trinajstić information content (AvgIpc) is 4.02. The number of hydrogen-bond acceptors (Lipinski definition) is 19. The number of benzene rings is 1. The largest absolute Gasteiger partial charge is 0.449 e. The number of ether oxygens (including phenoxy) is 8. The molecule has 27 heteroatoms.